The molecule has 3 aromatic rings. The molecule has 5 nitrogen and oxygen atoms in total. The summed E-state index contributed by atoms with van der Waals surface area (Å²) in [5.41, 5.74) is 2.71. The van der Waals surface area contributed by atoms with Gasteiger partial charge < -0.3 is 0 Å². The van der Waals surface area contributed by atoms with Crippen molar-refractivity contribution in [2.75, 3.05) is 0 Å². The van der Waals surface area contributed by atoms with E-state index < -0.39 is 0 Å². The number of halogens is 1. The fourth-order valence-corrected chi connectivity index (χ4v) is 2.67. The summed E-state index contributed by atoms with van der Waals surface area (Å²) in [5, 5.41) is 12.3. The molecule has 1 aromatic heterocycles. The molecule has 0 fully saturated rings. The van der Waals surface area contributed by atoms with Crippen LogP contribution in [0.15, 0.2) is 53.0 Å². The second-order valence-corrected chi connectivity index (χ2v) is 5.95. The van der Waals surface area contributed by atoms with E-state index in [1.807, 2.05) is 48.5 Å². The molecule has 2 aromatic carbocycles. The predicted octanol–water partition coefficient (Wildman–Crippen LogP) is 3.55. The van der Waals surface area contributed by atoms with E-state index >= 15 is 0 Å². The van der Waals surface area contributed by atoms with Crippen LogP contribution in [0.25, 0.3) is 11.4 Å². The van der Waals surface area contributed by atoms with Crippen molar-refractivity contribution in [2.24, 2.45) is 0 Å². The monoisotopic (exact) mass is 370 g/mol. The van der Waals surface area contributed by atoms with Crippen molar-refractivity contribution in [3.63, 3.8) is 0 Å². The molecule has 0 atom stereocenters. The van der Waals surface area contributed by atoms with Crippen molar-refractivity contribution in [3.05, 3.63) is 64.1 Å². The van der Waals surface area contributed by atoms with Gasteiger partial charge >= 0.3 is 0 Å². The summed E-state index contributed by atoms with van der Waals surface area (Å²) >= 11 is 3.46. The maximum Gasteiger partial charge on any atom is 0.206 e. The fourth-order valence-electron chi connectivity index (χ4n) is 2.21. The molecule has 0 bridgehead atoms. The smallest absolute Gasteiger partial charge is 0.206 e. The van der Waals surface area contributed by atoms with Crippen LogP contribution in [0.2, 0.25) is 0 Å². The van der Waals surface area contributed by atoms with Crippen LogP contribution in [0.3, 0.4) is 0 Å². The summed E-state index contributed by atoms with van der Waals surface area (Å²) in [4.78, 5) is 13.6. The van der Waals surface area contributed by atoms with Gasteiger partial charge in [-0.05, 0) is 29.3 Å². The zero-order valence-electron chi connectivity index (χ0n) is 12.6. The molecule has 0 saturated carbocycles. The van der Waals surface area contributed by atoms with Crippen LogP contribution < -0.4 is 0 Å². The molecule has 23 heavy (non-hydrogen) atoms. The normalized spacial score (nSPS) is 10.7. The van der Waals surface area contributed by atoms with Crippen molar-refractivity contribution >= 4 is 21.7 Å². The Morgan fingerprint density at radius 3 is 2.57 bits per heavy atom. The number of rotatable bonds is 5. The number of carbonyl (C=O) groups is 1. The van der Waals surface area contributed by atoms with Crippen molar-refractivity contribution in [3.8, 4) is 11.4 Å². The third kappa shape index (κ3) is 3.53. The highest BCUT2D eigenvalue weighted by Crippen LogP contribution is 2.24. The van der Waals surface area contributed by atoms with Crippen molar-refractivity contribution in [2.45, 2.75) is 19.9 Å². The van der Waals surface area contributed by atoms with Gasteiger partial charge in [-0.25, -0.2) is 0 Å². The summed E-state index contributed by atoms with van der Waals surface area (Å²) in [6.07, 6.45) is 0.953. The van der Waals surface area contributed by atoms with Gasteiger partial charge in [0.05, 0.1) is 0 Å². The highest BCUT2D eigenvalue weighted by atomic mass is 79.9. The molecule has 0 spiro atoms. The number of Topliss-reactive ketones (excluding diaryl/α,β-unsaturated/α-hetero) is 1. The Kier molecular flexibility index (Phi) is 4.62. The topological polar surface area (TPSA) is 60.7 Å². The maximum atomic E-state index is 12.3. The highest BCUT2D eigenvalue weighted by Gasteiger charge is 2.12. The van der Waals surface area contributed by atoms with E-state index in [0.717, 1.165) is 16.5 Å². The molecule has 0 aliphatic heterocycles. The van der Waals surface area contributed by atoms with Gasteiger partial charge in [0.15, 0.2) is 5.78 Å². The van der Waals surface area contributed by atoms with E-state index in [1.54, 1.807) is 0 Å². The van der Waals surface area contributed by atoms with Crippen LogP contribution in [0.5, 0.6) is 0 Å². The molecular weight excluding hydrogens is 356 g/mol. The Hall–Kier alpha value is -2.34. The predicted molar refractivity (Wildman–Crippen MR) is 91.1 cm³/mol. The lowest BCUT2D eigenvalue weighted by Crippen LogP contribution is -2.13. The minimum absolute atomic E-state index is 0.0382. The van der Waals surface area contributed by atoms with Crippen LogP contribution in [-0.2, 0) is 13.0 Å². The zero-order valence-corrected chi connectivity index (χ0v) is 14.2. The zero-order chi connectivity index (χ0) is 16.2. The van der Waals surface area contributed by atoms with Crippen molar-refractivity contribution < 1.29 is 4.79 Å². The maximum absolute atomic E-state index is 12.3. The second kappa shape index (κ2) is 6.83. The Morgan fingerprint density at radius 1 is 1.13 bits per heavy atom. The van der Waals surface area contributed by atoms with Gasteiger partial charge in [-0.1, -0.05) is 59.3 Å². The molecule has 0 N–H and O–H groups in total. The average molecular weight is 371 g/mol. The number of tetrazole rings is 1. The second-order valence-electron chi connectivity index (χ2n) is 5.10. The summed E-state index contributed by atoms with van der Waals surface area (Å²) in [6, 6.07) is 15.2. The van der Waals surface area contributed by atoms with E-state index in [9.17, 15) is 4.79 Å². The van der Waals surface area contributed by atoms with Crippen LogP contribution in [-0.4, -0.2) is 26.0 Å². The number of nitrogens with zero attached hydrogens (tertiary/aromatic N) is 4. The first-order chi connectivity index (χ1) is 11.2. The lowest BCUT2D eigenvalue weighted by Gasteiger charge is -2.01. The largest absolute Gasteiger partial charge is 0.292 e. The molecule has 0 aliphatic rings. The summed E-state index contributed by atoms with van der Waals surface area (Å²) < 4.78 is 0.890. The highest BCUT2D eigenvalue weighted by molar-refractivity contribution is 9.10. The number of aryl methyl sites for hydroxylation is 1. The van der Waals surface area contributed by atoms with E-state index in [1.165, 1.54) is 10.4 Å². The molecule has 0 aliphatic carbocycles. The van der Waals surface area contributed by atoms with Crippen LogP contribution in [0.4, 0.5) is 0 Å². The number of hydrogen-bond donors (Lipinski definition) is 0. The molecule has 6 heteroatoms. The van der Waals surface area contributed by atoms with Crippen molar-refractivity contribution in [1.29, 1.82) is 0 Å². The van der Waals surface area contributed by atoms with Gasteiger partial charge in [0.25, 0.3) is 0 Å². The number of carbonyl (C=O) groups excluding carboxylic acids is 1. The summed E-state index contributed by atoms with van der Waals surface area (Å²) in [5.74, 6) is 0.454. The Morgan fingerprint density at radius 2 is 1.87 bits per heavy atom. The third-order valence-electron chi connectivity index (χ3n) is 3.54. The molecule has 3 rings (SSSR count). The first-order valence-electron chi connectivity index (χ1n) is 7.32. The molecule has 0 amide bonds. The van der Waals surface area contributed by atoms with Crippen LogP contribution in [0, 0.1) is 0 Å². The van der Waals surface area contributed by atoms with Gasteiger partial charge in [-0.15, -0.1) is 10.2 Å². The van der Waals surface area contributed by atoms with E-state index in [-0.39, 0.29) is 12.3 Å². The van der Waals surface area contributed by atoms with Crippen LogP contribution in [0.1, 0.15) is 22.8 Å². The molecule has 1 heterocycles. The molecule has 116 valence electrons. The van der Waals surface area contributed by atoms with E-state index in [0.29, 0.717) is 11.4 Å². The summed E-state index contributed by atoms with van der Waals surface area (Å²) in [7, 11) is 0. The quantitative estimate of drug-likeness (QED) is 0.644. The fraction of sp³-hybridized carbons (Fsp3) is 0.176. The first-order valence-corrected chi connectivity index (χ1v) is 8.11. The minimum atomic E-state index is -0.0382. The molecule has 0 unspecified atom stereocenters. The van der Waals surface area contributed by atoms with Gasteiger partial charge in [-0.3, -0.25) is 4.79 Å². The SMILES string of the molecule is CCc1ccc(C(=O)Cn2nnc(-c3ccccc3Br)n2)cc1. The van der Waals surface area contributed by atoms with Crippen molar-refractivity contribution in [1.82, 2.24) is 20.2 Å². The van der Waals surface area contributed by atoms with E-state index in [2.05, 4.69) is 38.3 Å². The molecule has 0 saturated heterocycles. The molecular formula is C17H15BrN4O. The van der Waals surface area contributed by atoms with Gasteiger partial charge in [0.1, 0.15) is 6.54 Å². The standard InChI is InChI=1S/C17H15BrN4O/c1-2-12-7-9-13(10-8-12)16(23)11-22-20-17(19-21-22)14-5-3-4-6-15(14)18/h3-10H,2,11H2,1H3. The average Bonchev–Trinajstić information content (AvgIpc) is 3.03. The Bertz CT molecular complexity index is 827. The van der Waals surface area contributed by atoms with Crippen LogP contribution >= 0.6 is 15.9 Å². The Labute approximate surface area is 142 Å². The van der Waals surface area contributed by atoms with Gasteiger partial charge in [-0.2, -0.15) is 4.80 Å². The van der Waals surface area contributed by atoms with Gasteiger partial charge in [0, 0.05) is 15.6 Å². The number of hydrogen-bond acceptors (Lipinski definition) is 4. The van der Waals surface area contributed by atoms with E-state index in [4.69, 9.17) is 0 Å². The number of benzene rings is 2. The number of aromatic nitrogens is 4. The number of ketones is 1. The Balaban J connectivity index is 1.76. The summed E-state index contributed by atoms with van der Waals surface area (Å²) in [6.45, 7) is 2.16. The lowest BCUT2D eigenvalue weighted by molar-refractivity contribution is 0.0961. The minimum Gasteiger partial charge on any atom is -0.292 e. The first kappa shape index (κ1) is 15.6. The van der Waals surface area contributed by atoms with Gasteiger partial charge in [0.2, 0.25) is 5.82 Å². The lowest BCUT2D eigenvalue weighted by atomic mass is 10.1. The third-order valence-corrected chi connectivity index (χ3v) is 4.23. The molecule has 0 radical (unpaired) electrons.